The highest BCUT2D eigenvalue weighted by Crippen LogP contribution is 2.47. The van der Waals surface area contributed by atoms with Gasteiger partial charge < -0.3 is 15.5 Å². The van der Waals surface area contributed by atoms with Crippen LogP contribution in [0, 0.1) is 5.82 Å². The monoisotopic (exact) mass is 591 g/mol. The zero-order valence-electron chi connectivity index (χ0n) is 21.2. The summed E-state index contributed by atoms with van der Waals surface area (Å²) in [5.41, 5.74) is 0.943. The first kappa shape index (κ1) is 26.0. The fourth-order valence-corrected chi connectivity index (χ4v) is 8.11. The number of hydrogen-bond acceptors (Lipinski definition) is 7. The van der Waals surface area contributed by atoms with Gasteiger partial charge in [-0.05, 0) is 67.3 Å². The number of anilines is 2. The fourth-order valence-electron chi connectivity index (χ4n) is 5.49. The maximum Gasteiger partial charge on any atom is 0.420 e. The smallest absolute Gasteiger partial charge is 0.334 e. The topological polar surface area (TPSA) is 87.2 Å². The predicted molar refractivity (Wildman–Crippen MR) is 143 cm³/mol. The van der Waals surface area contributed by atoms with Crippen molar-refractivity contribution < 1.29 is 26.6 Å². The third-order valence-electron chi connectivity index (χ3n) is 7.84. The minimum Gasteiger partial charge on any atom is -0.334 e. The van der Waals surface area contributed by atoms with E-state index in [4.69, 9.17) is 0 Å². The summed E-state index contributed by atoms with van der Waals surface area (Å²) in [6, 6.07) is 3.44. The second kappa shape index (κ2) is 9.59. The molecule has 4 aliphatic rings. The quantitative estimate of drug-likeness (QED) is 0.389. The molecule has 2 saturated carbocycles. The van der Waals surface area contributed by atoms with Crippen LogP contribution in [0.15, 0.2) is 23.2 Å². The normalized spacial score (nSPS) is 21.1. The molecular weight excluding hydrogens is 566 g/mol. The number of hydrogen-bond donors (Lipinski definition) is 2. The van der Waals surface area contributed by atoms with E-state index in [1.807, 2.05) is 6.07 Å². The van der Waals surface area contributed by atoms with Crippen LogP contribution in [0.5, 0.6) is 0 Å². The third-order valence-corrected chi connectivity index (χ3v) is 10.5. The van der Waals surface area contributed by atoms with E-state index in [1.165, 1.54) is 6.07 Å². The van der Waals surface area contributed by atoms with Crippen molar-refractivity contribution in [2.24, 2.45) is 0 Å². The fraction of sp³-hybridized carbons (Fsp3) is 0.444. The van der Waals surface area contributed by atoms with Crippen LogP contribution in [-0.4, -0.2) is 49.9 Å². The van der Waals surface area contributed by atoms with Crippen LogP contribution in [0.2, 0.25) is 0 Å². The number of carbonyl (C=O) groups excluding carboxylic acids is 1. The average Bonchev–Trinajstić information content (AvgIpc) is 3.87. The number of nitrogens with one attached hydrogen (secondary N) is 2. The van der Waals surface area contributed by atoms with Crippen LogP contribution >= 0.6 is 11.3 Å². The van der Waals surface area contributed by atoms with Crippen molar-refractivity contribution in [2.75, 3.05) is 24.2 Å². The Kier molecular flexibility index (Phi) is 6.24. The van der Waals surface area contributed by atoms with Crippen LogP contribution in [-0.2, 0) is 29.9 Å². The van der Waals surface area contributed by atoms with Crippen molar-refractivity contribution in [2.45, 2.75) is 61.7 Å². The molecule has 13 heteroatoms. The number of carbonyl (C=O) groups is 1. The highest BCUT2D eigenvalue weighted by atomic mass is 32.2. The largest absolute Gasteiger partial charge is 0.420 e. The lowest BCUT2D eigenvalue weighted by molar-refractivity contribution is -0.137. The molecule has 2 aromatic heterocycles. The lowest BCUT2D eigenvalue weighted by Gasteiger charge is -2.22. The van der Waals surface area contributed by atoms with Crippen molar-refractivity contribution in [3.63, 3.8) is 0 Å². The summed E-state index contributed by atoms with van der Waals surface area (Å²) in [6.07, 6.45) is -0.0484. The maximum atomic E-state index is 15.8. The minimum atomic E-state index is -4.78. The van der Waals surface area contributed by atoms with Gasteiger partial charge in [0.25, 0.3) is 5.91 Å². The second-order valence-corrected chi connectivity index (χ2v) is 13.2. The van der Waals surface area contributed by atoms with Crippen molar-refractivity contribution in [3.8, 4) is 10.6 Å². The van der Waals surface area contributed by atoms with Gasteiger partial charge in [0.2, 0.25) is 5.95 Å². The van der Waals surface area contributed by atoms with Crippen LogP contribution in [0.25, 0.3) is 10.6 Å². The summed E-state index contributed by atoms with van der Waals surface area (Å²) < 4.78 is 71.0. The van der Waals surface area contributed by atoms with Crippen LogP contribution < -0.4 is 10.6 Å². The molecule has 3 aromatic rings. The van der Waals surface area contributed by atoms with Gasteiger partial charge in [0, 0.05) is 31.1 Å². The van der Waals surface area contributed by atoms with E-state index in [-0.39, 0.29) is 49.9 Å². The van der Waals surface area contributed by atoms with Gasteiger partial charge in [-0.15, -0.1) is 11.3 Å². The van der Waals surface area contributed by atoms with Gasteiger partial charge >= 0.3 is 6.18 Å². The van der Waals surface area contributed by atoms with E-state index in [0.717, 1.165) is 48.1 Å². The lowest BCUT2D eigenvalue weighted by atomic mass is 9.94. The van der Waals surface area contributed by atoms with Gasteiger partial charge in [-0.2, -0.15) is 13.2 Å². The van der Waals surface area contributed by atoms with E-state index in [0.29, 0.717) is 37.8 Å². The number of aromatic nitrogens is 2. The summed E-state index contributed by atoms with van der Waals surface area (Å²) in [5.74, 6) is -0.504. The first-order valence-electron chi connectivity index (χ1n) is 13.3. The number of nitrogens with zero attached hydrogens (tertiary/aromatic N) is 3. The highest BCUT2D eigenvalue weighted by Gasteiger charge is 2.40. The Morgan fingerprint density at radius 3 is 2.70 bits per heavy atom. The van der Waals surface area contributed by atoms with Crippen molar-refractivity contribution in [1.82, 2.24) is 20.2 Å². The minimum absolute atomic E-state index is 0.0709. The first-order valence-corrected chi connectivity index (χ1v) is 15.4. The van der Waals surface area contributed by atoms with Gasteiger partial charge in [0.1, 0.15) is 10.4 Å². The predicted octanol–water partition coefficient (Wildman–Crippen LogP) is 5.36. The molecule has 1 atom stereocenters. The molecule has 1 amide bonds. The summed E-state index contributed by atoms with van der Waals surface area (Å²) >= 11 is 0.864. The van der Waals surface area contributed by atoms with Gasteiger partial charge in [0.15, 0.2) is 5.82 Å². The molecule has 2 aliphatic carbocycles. The molecule has 0 spiro atoms. The molecule has 1 unspecified atom stereocenters. The van der Waals surface area contributed by atoms with Gasteiger partial charge in [-0.3, -0.25) is 9.00 Å². The Balaban J connectivity index is 1.31. The molecule has 40 heavy (non-hydrogen) atoms. The summed E-state index contributed by atoms with van der Waals surface area (Å²) in [6.45, 7) is 1.55. The molecular formula is C27H25F4N5O2S2. The number of rotatable bonds is 5. The molecule has 0 radical (unpaired) electrons. The highest BCUT2D eigenvalue weighted by molar-refractivity contribution is 7.85. The number of alkyl halides is 3. The number of thiophene rings is 1. The summed E-state index contributed by atoms with van der Waals surface area (Å²) in [4.78, 5) is 23.6. The molecule has 0 saturated heterocycles. The zero-order chi connectivity index (χ0) is 27.8. The molecule has 2 fully saturated rings. The third kappa shape index (κ3) is 4.61. The first-order chi connectivity index (χ1) is 19.2. The Morgan fingerprint density at radius 2 is 1.98 bits per heavy atom. The Labute approximate surface area is 233 Å². The molecule has 2 aliphatic heterocycles. The van der Waals surface area contributed by atoms with Crippen LogP contribution in [0.1, 0.15) is 63.5 Å². The average molecular weight is 592 g/mol. The van der Waals surface area contributed by atoms with Gasteiger partial charge in [-0.25, -0.2) is 14.4 Å². The zero-order valence-corrected chi connectivity index (χ0v) is 22.9. The number of fused-ring (bicyclic) bond motifs is 2. The Bertz CT molecular complexity index is 1570. The molecule has 4 heterocycles. The molecule has 1 aromatic carbocycles. The molecule has 7 rings (SSSR count). The number of benzene rings is 1. The summed E-state index contributed by atoms with van der Waals surface area (Å²) in [7, 11) is -1.53. The van der Waals surface area contributed by atoms with E-state index >= 15 is 4.39 Å². The van der Waals surface area contributed by atoms with Crippen molar-refractivity contribution in [1.29, 1.82) is 0 Å². The summed E-state index contributed by atoms with van der Waals surface area (Å²) in [5, 5.41) is 6.15. The Morgan fingerprint density at radius 1 is 1.18 bits per heavy atom. The van der Waals surface area contributed by atoms with E-state index < -0.39 is 34.1 Å². The van der Waals surface area contributed by atoms with Crippen LogP contribution in [0.3, 0.4) is 0 Å². The van der Waals surface area contributed by atoms with Gasteiger partial charge in [-0.1, -0.05) is 6.07 Å². The number of amides is 1. The maximum absolute atomic E-state index is 15.8. The van der Waals surface area contributed by atoms with Crippen molar-refractivity contribution >= 4 is 39.7 Å². The van der Waals surface area contributed by atoms with E-state index in [2.05, 4.69) is 20.6 Å². The second-order valence-electron chi connectivity index (χ2n) is 10.7. The molecule has 7 nitrogen and oxygen atoms in total. The number of halogens is 4. The Hall–Kier alpha value is -2.90. The lowest BCUT2D eigenvalue weighted by Crippen LogP contribution is -2.33. The van der Waals surface area contributed by atoms with Gasteiger partial charge in [0.05, 0.1) is 32.0 Å². The van der Waals surface area contributed by atoms with Crippen LogP contribution in [0.4, 0.5) is 29.2 Å². The van der Waals surface area contributed by atoms with E-state index in [1.54, 1.807) is 4.90 Å². The molecule has 210 valence electrons. The van der Waals surface area contributed by atoms with Crippen molar-refractivity contribution in [3.05, 3.63) is 51.3 Å². The van der Waals surface area contributed by atoms with E-state index in [9.17, 15) is 22.2 Å². The SMILES string of the molecule is O=C1c2sc(-c3nc(Nc4c(C5CC5)cc5c(c4F)CCNC5)ncc3C(F)(F)F)cc2S(=O)CCN1C1CC1. The molecule has 2 N–H and O–H groups in total. The standard InChI is InChI=1S/C27H25F4N5O2S2/c28-21-16-5-6-32-11-14(16)9-17(13-1-2-13)22(21)34-26-33-12-18(27(29,30)31)23(35-26)19-10-20-24(39-19)25(37)36(15-3-4-15)7-8-40(20)38/h9-10,12-13,15,32H,1-8,11H2,(H,33,34,35). The molecule has 0 bridgehead atoms.